The molecule has 1 heterocycles. The van der Waals surface area contributed by atoms with E-state index >= 15 is 0 Å². The van der Waals surface area contributed by atoms with Crippen LogP contribution in [0.5, 0.6) is 6.01 Å². The normalized spacial score (nSPS) is 10.3. The zero-order chi connectivity index (χ0) is 15.2. The van der Waals surface area contributed by atoms with Crippen LogP contribution in [-0.2, 0) is 0 Å². The third-order valence-corrected chi connectivity index (χ3v) is 2.65. The van der Waals surface area contributed by atoms with Crippen LogP contribution in [0, 0.1) is 12.7 Å². The molecule has 0 aliphatic carbocycles. The number of benzene rings is 1. The van der Waals surface area contributed by atoms with E-state index in [9.17, 15) is 4.39 Å². The predicted octanol–water partition coefficient (Wildman–Crippen LogP) is 2.89. The molecule has 0 bridgehead atoms. The highest BCUT2D eigenvalue weighted by Gasteiger charge is 2.08. The summed E-state index contributed by atoms with van der Waals surface area (Å²) in [5, 5.41) is 5.94. The van der Waals surface area contributed by atoms with E-state index in [1.807, 2.05) is 13.8 Å². The first kappa shape index (κ1) is 15.0. The van der Waals surface area contributed by atoms with Crippen LogP contribution in [0.2, 0.25) is 0 Å². The van der Waals surface area contributed by atoms with Crippen LogP contribution < -0.4 is 15.4 Å². The molecule has 0 unspecified atom stereocenters. The van der Waals surface area contributed by atoms with Gasteiger partial charge in [-0.3, -0.25) is 0 Å². The molecule has 0 aliphatic rings. The second kappa shape index (κ2) is 6.83. The summed E-state index contributed by atoms with van der Waals surface area (Å²) in [7, 11) is 0. The number of hydrogen-bond donors (Lipinski definition) is 2. The van der Waals surface area contributed by atoms with Crippen molar-refractivity contribution in [2.24, 2.45) is 0 Å². The van der Waals surface area contributed by atoms with Gasteiger partial charge in [0.25, 0.3) is 0 Å². The Morgan fingerprint density at radius 3 is 2.57 bits per heavy atom. The monoisotopic (exact) mass is 291 g/mol. The van der Waals surface area contributed by atoms with Crippen LogP contribution in [0.4, 0.5) is 22.0 Å². The first-order valence-electron chi connectivity index (χ1n) is 6.78. The van der Waals surface area contributed by atoms with Crippen molar-refractivity contribution < 1.29 is 9.13 Å². The van der Waals surface area contributed by atoms with Gasteiger partial charge in [0.2, 0.25) is 11.9 Å². The predicted molar refractivity (Wildman–Crippen MR) is 79.6 cm³/mol. The van der Waals surface area contributed by atoms with Crippen LogP contribution in [0.25, 0.3) is 0 Å². The highest BCUT2D eigenvalue weighted by Crippen LogP contribution is 2.19. The minimum absolute atomic E-state index is 0.221. The molecular weight excluding hydrogens is 273 g/mol. The number of aromatic nitrogens is 3. The molecule has 0 amide bonds. The fourth-order valence-electron chi connectivity index (χ4n) is 1.64. The third-order valence-electron chi connectivity index (χ3n) is 2.65. The van der Waals surface area contributed by atoms with Gasteiger partial charge in [-0.2, -0.15) is 15.0 Å². The summed E-state index contributed by atoms with van der Waals surface area (Å²) in [5.41, 5.74) is 1.15. The molecule has 2 N–H and O–H groups in total. The number of anilines is 3. The van der Waals surface area contributed by atoms with Gasteiger partial charge in [-0.1, -0.05) is 6.07 Å². The summed E-state index contributed by atoms with van der Waals surface area (Å²) in [6, 6.07) is 5.06. The lowest BCUT2D eigenvalue weighted by Crippen LogP contribution is -2.09. The molecule has 2 aromatic rings. The van der Waals surface area contributed by atoms with Crippen molar-refractivity contribution in [1.82, 2.24) is 15.0 Å². The van der Waals surface area contributed by atoms with Crippen LogP contribution in [0.3, 0.4) is 0 Å². The maximum Gasteiger partial charge on any atom is 0.323 e. The molecule has 2 rings (SSSR count). The summed E-state index contributed by atoms with van der Waals surface area (Å²) in [5.74, 6) is 0.421. The Morgan fingerprint density at radius 1 is 1.14 bits per heavy atom. The molecule has 0 aliphatic heterocycles. The standard InChI is InChI=1S/C14H18FN5O/c1-4-16-12-18-13(20-14(19-12)21-5-2)17-10-7-6-9(3)11(15)8-10/h6-8H,4-5H2,1-3H3,(H2,16,17,18,19,20). The Morgan fingerprint density at radius 2 is 1.90 bits per heavy atom. The van der Waals surface area contributed by atoms with E-state index in [4.69, 9.17) is 4.74 Å². The van der Waals surface area contributed by atoms with Crippen LogP contribution in [-0.4, -0.2) is 28.1 Å². The number of nitrogens with one attached hydrogen (secondary N) is 2. The molecule has 0 spiro atoms. The van der Waals surface area contributed by atoms with Crippen molar-refractivity contribution in [3.05, 3.63) is 29.6 Å². The van der Waals surface area contributed by atoms with Crippen LogP contribution in [0.15, 0.2) is 18.2 Å². The minimum Gasteiger partial charge on any atom is -0.464 e. The van der Waals surface area contributed by atoms with Crippen LogP contribution >= 0.6 is 0 Å². The average Bonchev–Trinajstić information content (AvgIpc) is 2.43. The van der Waals surface area contributed by atoms with E-state index in [0.717, 1.165) is 0 Å². The molecule has 21 heavy (non-hydrogen) atoms. The molecule has 1 aromatic heterocycles. The quantitative estimate of drug-likeness (QED) is 0.852. The van der Waals surface area contributed by atoms with Crippen molar-refractivity contribution in [1.29, 1.82) is 0 Å². The van der Waals surface area contributed by atoms with E-state index in [2.05, 4.69) is 25.6 Å². The van der Waals surface area contributed by atoms with Crippen LogP contribution in [0.1, 0.15) is 19.4 Å². The Hall–Kier alpha value is -2.44. The maximum absolute atomic E-state index is 13.6. The van der Waals surface area contributed by atoms with E-state index < -0.39 is 0 Å². The van der Waals surface area contributed by atoms with Gasteiger partial charge in [0.1, 0.15) is 5.82 Å². The molecule has 0 saturated heterocycles. The topological polar surface area (TPSA) is 72.0 Å². The van der Waals surface area contributed by atoms with Gasteiger partial charge in [0.15, 0.2) is 0 Å². The lowest BCUT2D eigenvalue weighted by atomic mass is 10.2. The third kappa shape index (κ3) is 4.01. The SMILES string of the molecule is CCNc1nc(Nc2ccc(C)c(F)c2)nc(OCC)n1. The zero-order valence-corrected chi connectivity index (χ0v) is 12.3. The van der Waals surface area contributed by atoms with Crippen molar-refractivity contribution in [2.75, 3.05) is 23.8 Å². The second-order valence-corrected chi connectivity index (χ2v) is 4.32. The lowest BCUT2D eigenvalue weighted by Gasteiger charge is -2.09. The van der Waals surface area contributed by atoms with E-state index in [0.29, 0.717) is 36.3 Å². The van der Waals surface area contributed by atoms with Gasteiger partial charge < -0.3 is 15.4 Å². The molecule has 112 valence electrons. The van der Waals surface area contributed by atoms with Crippen molar-refractivity contribution in [3.8, 4) is 6.01 Å². The number of hydrogen-bond acceptors (Lipinski definition) is 6. The summed E-state index contributed by atoms with van der Waals surface area (Å²) < 4.78 is 18.8. The minimum atomic E-state index is -0.286. The molecule has 0 radical (unpaired) electrons. The van der Waals surface area contributed by atoms with Crippen molar-refractivity contribution >= 4 is 17.6 Å². The first-order valence-corrected chi connectivity index (χ1v) is 6.78. The number of aryl methyl sites for hydroxylation is 1. The molecule has 1 aromatic carbocycles. The largest absolute Gasteiger partial charge is 0.464 e. The summed E-state index contributed by atoms with van der Waals surface area (Å²) in [6.07, 6.45) is 0. The average molecular weight is 291 g/mol. The number of nitrogens with zero attached hydrogens (tertiary/aromatic N) is 3. The summed E-state index contributed by atoms with van der Waals surface area (Å²) in [6.45, 7) is 6.62. The molecule has 0 fully saturated rings. The summed E-state index contributed by atoms with van der Waals surface area (Å²) in [4.78, 5) is 12.5. The summed E-state index contributed by atoms with van der Waals surface area (Å²) >= 11 is 0. The van der Waals surface area contributed by atoms with Gasteiger partial charge in [0, 0.05) is 12.2 Å². The smallest absolute Gasteiger partial charge is 0.323 e. The molecule has 7 heteroatoms. The number of rotatable bonds is 6. The Bertz CT molecular complexity index is 596. The highest BCUT2D eigenvalue weighted by molar-refractivity contribution is 5.55. The second-order valence-electron chi connectivity index (χ2n) is 4.32. The Balaban J connectivity index is 2.26. The zero-order valence-electron chi connectivity index (χ0n) is 12.3. The number of ether oxygens (including phenoxy) is 1. The molecule has 0 atom stereocenters. The van der Waals surface area contributed by atoms with Gasteiger partial charge >= 0.3 is 6.01 Å². The van der Waals surface area contributed by atoms with Gasteiger partial charge in [-0.25, -0.2) is 4.39 Å². The molecule has 0 saturated carbocycles. The molecule has 6 nitrogen and oxygen atoms in total. The van der Waals surface area contributed by atoms with Gasteiger partial charge in [-0.15, -0.1) is 0 Å². The van der Waals surface area contributed by atoms with Crippen molar-refractivity contribution in [3.63, 3.8) is 0 Å². The van der Waals surface area contributed by atoms with E-state index in [1.54, 1.807) is 19.1 Å². The Kier molecular flexibility index (Phi) is 4.86. The van der Waals surface area contributed by atoms with Gasteiger partial charge in [0.05, 0.1) is 6.61 Å². The first-order chi connectivity index (χ1) is 10.1. The van der Waals surface area contributed by atoms with Crippen molar-refractivity contribution in [2.45, 2.75) is 20.8 Å². The number of halogens is 1. The molecular formula is C14H18FN5O. The van der Waals surface area contributed by atoms with E-state index in [-0.39, 0.29) is 11.8 Å². The maximum atomic E-state index is 13.6. The van der Waals surface area contributed by atoms with E-state index in [1.165, 1.54) is 6.07 Å². The lowest BCUT2D eigenvalue weighted by molar-refractivity contribution is 0.312. The fraction of sp³-hybridized carbons (Fsp3) is 0.357. The Labute approximate surface area is 122 Å². The fourth-order valence-corrected chi connectivity index (χ4v) is 1.64. The highest BCUT2D eigenvalue weighted by atomic mass is 19.1. The van der Waals surface area contributed by atoms with Gasteiger partial charge in [-0.05, 0) is 38.5 Å².